The van der Waals surface area contributed by atoms with Crippen LogP contribution in [0.5, 0.6) is 0 Å². The van der Waals surface area contributed by atoms with E-state index in [0.717, 1.165) is 38.5 Å². The molecule has 1 aliphatic rings. The van der Waals surface area contributed by atoms with Gasteiger partial charge in [-0.15, -0.1) is 5.10 Å². The summed E-state index contributed by atoms with van der Waals surface area (Å²) in [5.41, 5.74) is 1.46. The largest absolute Gasteiger partial charge is 0.379 e. The van der Waals surface area contributed by atoms with Gasteiger partial charge >= 0.3 is 0 Å². The van der Waals surface area contributed by atoms with Gasteiger partial charge in [-0.3, -0.25) is 9.69 Å². The molecule has 1 fully saturated rings. The lowest BCUT2D eigenvalue weighted by Crippen LogP contribution is -2.41. The molecule has 23 heavy (non-hydrogen) atoms. The minimum Gasteiger partial charge on any atom is -0.379 e. The van der Waals surface area contributed by atoms with Crippen molar-refractivity contribution in [2.75, 3.05) is 39.4 Å². The molecule has 2 heterocycles. The molecule has 1 amide bonds. The number of nitrogens with one attached hydrogen (secondary N) is 1. The molecule has 1 aromatic heterocycles. The highest BCUT2D eigenvalue weighted by molar-refractivity contribution is 5.94. The molecule has 8 heteroatoms. The number of aryl methyl sites for hydroxylation is 1. The first-order valence-corrected chi connectivity index (χ1v) is 7.68. The number of tetrazole rings is 1. The second-order valence-corrected chi connectivity index (χ2v) is 5.39. The molecule has 122 valence electrons. The van der Waals surface area contributed by atoms with Gasteiger partial charge in [0.25, 0.3) is 5.91 Å². The smallest absolute Gasteiger partial charge is 0.251 e. The van der Waals surface area contributed by atoms with Gasteiger partial charge in [-0.2, -0.15) is 4.68 Å². The van der Waals surface area contributed by atoms with Crippen LogP contribution < -0.4 is 5.32 Å². The molecule has 2 aromatic rings. The molecule has 1 saturated heterocycles. The van der Waals surface area contributed by atoms with Gasteiger partial charge in [-0.25, -0.2) is 0 Å². The summed E-state index contributed by atoms with van der Waals surface area (Å²) in [7, 11) is 0. The Kier molecular flexibility index (Phi) is 4.94. The number of benzene rings is 1. The third kappa shape index (κ3) is 3.91. The minimum absolute atomic E-state index is 0.0711. The Balaban J connectivity index is 1.52. The van der Waals surface area contributed by atoms with Crippen molar-refractivity contribution in [1.82, 2.24) is 30.4 Å². The molecule has 0 aliphatic carbocycles. The number of amides is 1. The van der Waals surface area contributed by atoms with E-state index in [1.807, 2.05) is 19.1 Å². The van der Waals surface area contributed by atoms with Crippen molar-refractivity contribution in [1.29, 1.82) is 0 Å². The molecule has 3 rings (SSSR count). The van der Waals surface area contributed by atoms with Gasteiger partial charge in [0.15, 0.2) is 5.82 Å². The van der Waals surface area contributed by atoms with Gasteiger partial charge < -0.3 is 10.1 Å². The van der Waals surface area contributed by atoms with Crippen LogP contribution in [0, 0.1) is 6.92 Å². The zero-order valence-corrected chi connectivity index (χ0v) is 13.1. The van der Waals surface area contributed by atoms with E-state index in [1.54, 1.807) is 16.8 Å². The lowest BCUT2D eigenvalue weighted by Gasteiger charge is -2.26. The normalized spacial score (nSPS) is 15.5. The number of carbonyl (C=O) groups is 1. The minimum atomic E-state index is -0.0711. The molecule has 0 unspecified atom stereocenters. The summed E-state index contributed by atoms with van der Waals surface area (Å²) < 4.78 is 6.93. The molecule has 1 aliphatic heterocycles. The average Bonchev–Trinajstić information content (AvgIpc) is 3.02. The molecule has 0 spiro atoms. The molecular formula is C15H20N6O2. The number of rotatable bonds is 5. The van der Waals surface area contributed by atoms with Gasteiger partial charge in [-0.05, 0) is 41.6 Å². The van der Waals surface area contributed by atoms with Crippen molar-refractivity contribution < 1.29 is 9.53 Å². The number of ether oxygens (including phenoxy) is 1. The molecule has 0 saturated carbocycles. The quantitative estimate of drug-likeness (QED) is 0.838. The van der Waals surface area contributed by atoms with Crippen molar-refractivity contribution in [3.05, 3.63) is 35.7 Å². The number of hydrogen-bond donors (Lipinski definition) is 1. The Morgan fingerprint density at radius 1 is 1.26 bits per heavy atom. The first-order chi connectivity index (χ1) is 11.2. The van der Waals surface area contributed by atoms with E-state index in [0.29, 0.717) is 17.9 Å². The Hall–Kier alpha value is -2.32. The predicted molar refractivity (Wildman–Crippen MR) is 83.5 cm³/mol. The summed E-state index contributed by atoms with van der Waals surface area (Å²) in [4.78, 5) is 14.4. The fourth-order valence-corrected chi connectivity index (χ4v) is 2.48. The van der Waals surface area contributed by atoms with Gasteiger partial charge in [-0.1, -0.05) is 0 Å². The summed E-state index contributed by atoms with van der Waals surface area (Å²) in [6.45, 7) is 6.69. The van der Waals surface area contributed by atoms with Crippen LogP contribution in [0.15, 0.2) is 24.3 Å². The molecule has 0 atom stereocenters. The number of aromatic nitrogens is 4. The first kappa shape index (κ1) is 15.6. The van der Waals surface area contributed by atoms with Crippen LogP contribution >= 0.6 is 0 Å². The lowest BCUT2D eigenvalue weighted by molar-refractivity contribution is 0.0383. The number of carbonyl (C=O) groups excluding carboxylic acids is 1. The SMILES string of the molecule is Cc1nnnn1-c1ccc(C(=O)NCCN2CCOCC2)cc1. The van der Waals surface area contributed by atoms with Crippen molar-refractivity contribution >= 4 is 5.91 Å². The molecule has 1 N–H and O–H groups in total. The van der Waals surface area contributed by atoms with E-state index < -0.39 is 0 Å². The molecule has 0 bridgehead atoms. The maximum atomic E-state index is 12.1. The first-order valence-electron chi connectivity index (χ1n) is 7.68. The fourth-order valence-electron chi connectivity index (χ4n) is 2.48. The van der Waals surface area contributed by atoms with Crippen LogP contribution in [0.4, 0.5) is 0 Å². The van der Waals surface area contributed by atoms with Crippen LogP contribution in [0.3, 0.4) is 0 Å². The fraction of sp³-hybridized carbons (Fsp3) is 0.467. The summed E-state index contributed by atoms with van der Waals surface area (Å²) in [6, 6.07) is 7.22. The number of nitrogens with zero attached hydrogens (tertiary/aromatic N) is 5. The third-order valence-corrected chi connectivity index (χ3v) is 3.82. The monoisotopic (exact) mass is 316 g/mol. The van der Waals surface area contributed by atoms with Crippen molar-refractivity contribution in [3.63, 3.8) is 0 Å². The van der Waals surface area contributed by atoms with Crippen LogP contribution in [0.25, 0.3) is 5.69 Å². The Morgan fingerprint density at radius 3 is 2.65 bits per heavy atom. The van der Waals surface area contributed by atoms with Crippen molar-refractivity contribution in [3.8, 4) is 5.69 Å². The van der Waals surface area contributed by atoms with Gasteiger partial charge in [0.1, 0.15) is 0 Å². The maximum absolute atomic E-state index is 12.1. The number of hydrogen-bond acceptors (Lipinski definition) is 6. The zero-order valence-electron chi connectivity index (χ0n) is 13.1. The van der Waals surface area contributed by atoms with E-state index >= 15 is 0 Å². The van der Waals surface area contributed by atoms with Crippen LogP contribution in [-0.2, 0) is 4.74 Å². The lowest BCUT2D eigenvalue weighted by atomic mass is 10.2. The Labute approximate surface area is 134 Å². The zero-order chi connectivity index (χ0) is 16.1. The van der Waals surface area contributed by atoms with E-state index in [4.69, 9.17) is 4.74 Å². The van der Waals surface area contributed by atoms with Crippen molar-refractivity contribution in [2.24, 2.45) is 0 Å². The maximum Gasteiger partial charge on any atom is 0.251 e. The molecule has 8 nitrogen and oxygen atoms in total. The van der Waals surface area contributed by atoms with Gasteiger partial charge in [0.05, 0.1) is 18.9 Å². The second kappa shape index (κ2) is 7.30. The highest BCUT2D eigenvalue weighted by Crippen LogP contribution is 2.09. The van der Waals surface area contributed by atoms with E-state index in [1.165, 1.54) is 0 Å². The van der Waals surface area contributed by atoms with Gasteiger partial charge in [0, 0.05) is 31.7 Å². The topological polar surface area (TPSA) is 85.2 Å². The van der Waals surface area contributed by atoms with E-state index in [9.17, 15) is 4.79 Å². The summed E-state index contributed by atoms with van der Waals surface area (Å²) in [6.07, 6.45) is 0. The summed E-state index contributed by atoms with van der Waals surface area (Å²) in [5.74, 6) is 0.631. The summed E-state index contributed by atoms with van der Waals surface area (Å²) >= 11 is 0. The Bertz CT molecular complexity index is 648. The molecular weight excluding hydrogens is 296 g/mol. The predicted octanol–water partition coefficient (Wildman–Crippen LogP) is 0.0327. The standard InChI is InChI=1S/C15H20N6O2/c1-12-17-18-19-21(12)14-4-2-13(3-5-14)15(22)16-6-7-20-8-10-23-11-9-20/h2-5H,6-11H2,1H3,(H,16,22). The summed E-state index contributed by atoms with van der Waals surface area (Å²) in [5, 5.41) is 14.3. The van der Waals surface area contributed by atoms with Crippen molar-refractivity contribution in [2.45, 2.75) is 6.92 Å². The molecule has 0 radical (unpaired) electrons. The second-order valence-electron chi connectivity index (χ2n) is 5.39. The highest BCUT2D eigenvalue weighted by atomic mass is 16.5. The van der Waals surface area contributed by atoms with E-state index in [-0.39, 0.29) is 5.91 Å². The Morgan fingerprint density at radius 2 is 2.00 bits per heavy atom. The van der Waals surface area contributed by atoms with Crippen LogP contribution in [-0.4, -0.2) is 70.4 Å². The van der Waals surface area contributed by atoms with Crippen LogP contribution in [0.1, 0.15) is 16.2 Å². The van der Waals surface area contributed by atoms with E-state index in [2.05, 4.69) is 25.7 Å². The van der Waals surface area contributed by atoms with Gasteiger partial charge in [0.2, 0.25) is 0 Å². The third-order valence-electron chi connectivity index (χ3n) is 3.82. The molecule has 1 aromatic carbocycles. The van der Waals surface area contributed by atoms with Crippen LogP contribution in [0.2, 0.25) is 0 Å². The highest BCUT2D eigenvalue weighted by Gasteiger charge is 2.11. The number of morpholine rings is 1. The average molecular weight is 316 g/mol.